The number of fused-ring (bicyclic) bond motifs is 1. The highest BCUT2D eigenvalue weighted by molar-refractivity contribution is 9.11. The molecule has 2 aromatic carbocycles. The minimum Gasteiger partial charge on any atom is -0.419 e. The van der Waals surface area contributed by atoms with E-state index in [1.165, 1.54) is 24.3 Å². The van der Waals surface area contributed by atoms with Gasteiger partial charge < -0.3 is 4.74 Å². The molecular weight excluding hydrogens is 444 g/mol. The Labute approximate surface area is 152 Å². The predicted octanol–water partition coefficient (Wildman–Crippen LogP) is 4.89. The Kier molecular flexibility index (Phi) is 4.59. The van der Waals surface area contributed by atoms with Gasteiger partial charge in [-0.25, -0.2) is 4.79 Å². The van der Waals surface area contributed by atoms with Gasteiger partial charge in [0.05, 0.1) is 9.40 Å². The fourth-order valence-electron chi connectivity index (χ4n) is 2.20. The second kappa shape index (κ2) is 6.66. The molecule has 6 nitrogen and oxygen atoms in total. The number of para-hydroxylation sites is 1. The molecule has 0 saturated carbocycles. The average molecular weight is 452 g/mol. The Morgan fingerprint density at radius 1 is 1.12 bits per heavy atom. The fourth-order valence-corrected chi connectivity index (χ4v) is 3.55. The summed E-state index contributed by atoms with van der Waals surface area (Å²) in [5.74, 6) is -0.616. The summed E-state index contributed by atoms with van der Waals surface area (Å²) in [6.07, 6.45) is 1.57. The largest absolute Gasteiger partial charge is 0.419 e. The Morgan fingerprint density at radius 2 is 1.88 bits per heavy atom. The van der Waals surface area contributed by atoms with Crippen molar-refractivity contribution in [2.45, 2.75) is 0 Å². The number of aromatic nitrogens is 1. The monoisotopic (exact) mass is 450 g/mol. The third-order valence-electron chi connectivity index (χ3n) is 3.27. The molecule has 0 aliphatic carbocycles. The van der Waals surface area contributed by atoms with E-state index < -0.39 is 10.9 Å². The summed E-state index contributed by atoms with van der Waals surface area (Å²) in [7, 11) is 0. The fraction of sp³-hybridized carbons (Fsp3) is 0. The van der Waals surface area contributed by atoms with Crippen molar-refractivity contribution < 1.29 is 14.5 Å². The molecule has 0 unspecified atom stereocenters. The van der Waals surface area contributed by atoms with Crippen molar-refractivity contribution in [2.24, 2.45) is 0 Å². The van der Waals surface area contributed by atoms with E-state index in [9.17, 15) is 14.9 Å². The quantitative estimate of drug-likeness (QED) is 0.245. The second-order valence-corrected chi connectivity index (χ2v) is 6.44. The van der Waals surface area contributed by atoms with Crippen LogP contribution in [0.5, 0.6) is 5.75 Å². The maximum Gasteiger partial charge on any atom is 0.350 e. The molecule has 0 atom stereocenters. The smallest absolute Gasteiger partial charge is 0.350 e. The van der Waals surface area contributed by atoms with E-state index in [0.717, 1.165) is 9.86 Å². The maximum atomic E-state index is 12.4. The summed E-state index contributed by atoms with van der Waals surface area (Å²) in [6.45, 7) is 0. The van der Waals surface area contributed by atoms with Gasteiger partial charge in [-0.1, -0.05) is 34.1 Å². The Morgan fingerprint density at radius 3 is 2.62 bits per heavy atom. The molecule has 0 saturated heterocycles. The summed E-state index contributed by atoms with van der Waals surface area (Å²) in [4.78, 5) is 27.1. The molecule has 0 bridgehead atoms. The lowest BCUT2D eigenvalue weighted by Gasteiger charge is -2.10. The zero-order chi connectivity index (χ0) is 17.3. The predicted molar refractivity (Wildman–Crippen MR) is 95.2 cm³/mol. The molecule has 3 rings (SSSR count). The van der Waals surface area contributed by atoms with Crippen LogP contribution in [0.3, 0.4) is 0 Å². The number of hydrogen-bond acceptors (Lipinski definition) is 5. The van der Waals surface area contributed by atoms with Crippen molar-refractivity contribution in [2.75, 3.05) is 0 Å². The van der Waals surface area contributed by atoms with Crippen LogP contribution in [0, 0.1) is 10.1 Å². The third kappa shape index (κ3) is 3.02. The van der Waals surface area contributed by atoms with Crippen LogP contribution in [-0.2, 0) is 0 Å². The van der Waals surface area contributed by atoms with Gasteiger partial charge in [-0.2, -0.15) is 0 Å². The minimum absolute atomic E-state index is 0.124. The normalized spacial score (nSPS) is 10.6. The average Bonchev–Trinajstić information content (AvgIpc) is 2.58. The van der Waals surface area contributed by atoms with E-state index in [0.29, 0.717) is 9.99 Å². The molecule has 24 heavy (non-hydrogen) atoms. The first-order valence-electron chi connectivity index (χ1n) is 6.67. The van der Waals surface area contributed by atoms with E-state index in [-0.39, 0.29) is 17.0 Å². The molecule has 8 heteroatoms. The van der Waals surface area contributed by atoms with E-state index in [1.807, 2.05) is 6.07 Å². The second-order valence-electron chi connectivity index (χ2n) is 4.73. The number of ether oxygens (including phenoxy) is 1. The maximum absolute atomic E-state index is 12.4. The number of nitro groups is 1. The molecule has 120 valence electrons. The number of nitro benzene ring substituents is 1. The number of rotatable bonds is 3. The molecule has 0 fully saturated rings. The van der Waals surface area contributed by atoms with Gasteiger partial charge in [-0.3, -0.25) is 15.1 Å². The van der Waals surface area contributed by atoms with Gasteiger partial charge in [0, 0.05) is 22.1 Å². The standard InChI is InChI=1S/C16H8Br2N2O4/c17-11-8-12(18)15(14-9(11)5-3-7-19-14)24-16(21)10-4-1-2-6-13(10)20(22)23/h1-8H. The van der Waals surface area contributed by atoms with E-state index in [4.69, 9.17) is 4.74 Å². The molecule has 0 N–H and O–H groups in total. The van der Waals surface area contributed by atoms with Crippen molar-refractivity contribution in [1.29, 1.82) is 0 Å². The van der Waals surface area contributed by atoms with Crippen molar-refractivity contribution >= 4 is 54.4 Å². The van der Waals surface area contributed by atoms with Crippen LogP contribution in [0.1, 0.15) is 10.4 Å². The topological polar surface area (TPSA) is 82.3 Å². The molecule has 0 spiro atoms. The summed E-state index contributed by atoms with van der Waals surface area (Å²) in [6, 6.07) is 10.9. The Hall–Kier alpha value is -2.32. The van der Waals surface area contributed by atoms with Crippen LogP contribution in [0.2, 0.25) is 0 Å². The van der Waals surface area contributed by atoms with Crippen molar-refractivity contribution in [3.8, 4) is 5.75 Å². The first kappa shape index (κ1) is 16.5. The van der Waals surface area contributed by atoms with Gasteiger partial charge in [-0.15, -0.1) is 0 Å². The number of carbonyl (C=O) groups excluding carboxylic acids is 1. The Bertz CT molecular complexity index is 975. The van der Waals surface area contributed by atoms with Crippen molar-refractivity contribution in [3.05, 3.63) is 73.3 Å². The summed E-state index contributed by atoms with van der Waals surface area (Å²) < 4.78 is 6.70. The van der Waals surface area contributed by atoms with Crippen LogP contribution in [0.15, 0.2) is 57.6 Å². The third-order valence-corrected chi connectivity index (χ3v) is 4.51. The first-order chi connectivity index (χ1) is 11.5. The van der Waals surface area contributed by atoms with E-state index >= 15 is 0 Å². The van der Waals surface area contributed by atoms with Crippen LogP contribution in [-0.4, -0.2) is 15.9 Å². The summed E-state index contributed by atoms with van der Waals surface area (Å²) in [5.41, 5.74) is 0.0279. The van der Waals surface area contributed by atoms with Gasteiger partial charge in [-0.05, 0) is 34.1 Å². The number of benzene rings is 2. The molecule has 0 radical (unpaired) electrons. The number of nitrogens with zero attached hydrogens (tertiary/aromatic N) is 2. The summed E-state index contributed by atoms with van der Waals surface area (Å²) >= 11 is 6.76. The van der Waals surface area contributed by atoms with Crippen LogP contribution in [0.25, 0.3) is 10.9 Å². The zero-order valence-electron chi connectivity index (χ0n) is 11.9. The first-order valence-corrected chi connectivity index (χ1v) is 8.26. The van der Waals surface area contributed by atoms with E-state index in [1.54, 1.807) is 18.3 Å². The van der Waals surface area contributed by atoms with Gasteiger partial charge in [0.15, 0.2) is 5.75 Å². The molecule has 3 aromatic rings. The lowest BCUT2D eigenvalue weighted by atomic mass is 10.2. The van der Waals surface area contributed by atoms with Crippen LogP contribution < -0.4 is 4.74 Å². The van der Waals surface area contributed by atoms with Crippen LogP contribution >= 0.6 is 31.9 Å². The molecular formula is C16H8Br2N2O4. The molecule has 0 amide bonds. The van der Waals surface area contributed by atoms with Gasteiger partial charge >= 0.3 is 5.97 Å². The molecule has 1 aromatic heterocycles. The number of hydrogen-bond donors (Lipinski definition) is 0. The SMILES string of the molecule is O=C(Oc1c(Br)cc(Br)c2cccnc12)c1ccccc1[N+](=O)[O-]. The molecule has 0 aliphatic rings. The lowest BCUT2D eigenvalue weighted by molar-refractivity contribution is -0.385. The van der Waals surface area contributed by atoms with Crippen LogP contribution in [0.4, 0.5) is 5.69 Å². The molecule has 1 heterocycles. The number of pyridine rings is 1. The minimum atomic E-state index is -0.822. The highest BCUT2D eigenvalue weighted by atomic mass is 79.9. The molecule has 0 aliphatic heterocycles. The van der Waals surface area contributed by atoms with Crippen molar-refractivity contribution in [1.82, 2.24) is 4.98 Å². The van der Waals surface area contributed by atoms with Crippen molar-refractivity contribution in [3.63, 3.8) is 0 Å². The van der Waals surface area contributed by atoms with Gasteiger partial charge in [0.1, 0.15) is 11.1 Å². The van der Waals surface area contributed by atoms with Gasteiger partial charge in [0.25, 0.3) is 5.69 Å². The van der Waals surface area contributed by atoms with E-state index in [2.05, 4.69) is 36.8 Å². The summed E-state index contributed by atoms with van der Waals surface area (Å²) in [5, 5.41) is 11.8. The lowest BCUT2D eigenvalue weighted by Crippen LogP contribution is -2.12. The number of halogens is 2. The number of esters is 1. The Balaban J connectivity index is 2.08. The highest BCUT2D eigenvalue weighted by Gasteiger charge is 2.23. The number of carbonyl (C=O) groups is 1. The highest BCUT2D eigenvalue weighted by Crippen LogP contribution is 2.38. The van der Waals surface area contributed by atoms with Gasteiger partial charge in [0.2, 0.25) is 0 Å². The zero-order valence-corrected chi connectivity index (χ0v) is 15.1.